The summed E-state index contributed by atoms with van der Waals surface area (Å²) in [5.74, 6) is 0. The van der Waals surface area contributed by atoms with Gasteiger partial charge in [0.05, 0.1) is 0 Å². The van der Waals surface area contributed by atoms with E-state index in [4.69, 9.17) is 0 Å². The van der Waals surface area contributed by atoms with Crippen molar-refractivity contribution < 1.29 is 33.8 Å². The fraction of sp³-hybridized carbons (Fsp3) is 0. The van der Waals surface area contributed by atoms with Gasteiger partial charge in [0.15, 0.2) is 0 Å². The maximum Gasteiger partial charge on any atom is 4.00 e. The summed E-state index contributed by atoms with van der Waals surface area (Å²) in [5, 5.41) is 0. The van der Waals surface area contributed by atoms with Crippen LogP contribution < -0.4 is 0 Å². The molecule has 2 aromatic rings. The van der Waals surface area contributed by atoms with Crippen molar-refractivity contribution in [3.63, 3.8) is 0 Å². The monoisotopic (exact) mass is 260 g/mol. The molecule has 0 aliphatic carbocycles. The average Bonchev–Trinajstić information content (AvgIpc) is 2.24. The number of nitrogens with zero attached hydrogens (tertiary/aromatic N) is 2. The molecule has 86 valence electrons. The molecule has 0 fully saturated rings. The van der Waals surface area contributed by atoms with Gasteiger partial charge in [-0.15, -0.1) is 0 Å². The van der Waals surface area contributed by atoms with E-state index in [0.29, 0.717) is 0 Å². The second-order valence-corrected chi connectivity index (χ2v) is 2.05. The third-order valence-corrected chi connectivity index (χ3v) is 1.13. The van der Waals surface area contributed by atoms with Gasteiger partial charge in [-0.3, -0.25) is 9.97 Å². The Labute approximate surface area is 105 Å². The van der Waals surface area contributed by atoms with E-state index in [1.807, 2.05) is 36.4 Å². The van der Waals surface area contributed by atoms with Crippen LogP contribution in [0, 0.1) is 0 Å². The summed E-state index contributed by atoms with van der Waals surface area (Å²) >= 11 is 0. The van der Waals surface area contributed by atoms with Gasteiger partial charge in [-0.25, -0.2) is 0 Å². The van der Waals surface area contributed by atoms with Crippen LogP contribution in [0.15, 0.2) is 61.2 Å². The summed E-state index contributed by atoms with van der Waals surface area (Å²) in [4.78, 5) is 7.57. The Morgan fingerprint density at radius 1 is 0.500 bits per heavy atom. The van der Waals surface area contributed by atoms with E-state index in [-0.39, 0.29) is 33.8 Å². The van der Waals surface area contributed by atoms with Crippen molar-refractivity contribution >= 4 is 0 Å². The van der Waals surface area contributed by atoms with Crippen LogP contribution in [-0.4, -0.2) is 15.4 Å². The molecule has 0 bridgehead atoms. The second kappa shape index (κ2) is 19.3. The molecule has 0 spiro atoms. The number of rotatable bonds is 0. The first-order valence-corrected chi connectivity index (χ1v) is 3.70. The molecule has 0 aromatic carbocycles. The second-order valence-electron chi connectivity index (χ2n) is 2.05. The molecule has 2 N–H and O–H groups in total. The molecule has 0 unspecified atom stereocenters. The quantitative estimate of drug-likeness (QED) is 0.705. The van der Waals surface area contributed by atoms with Crippen molar-refractivity contribution in [1.29, 1.82) is 0 Å². The molecule has 0 aliphatic rings. The topological polar surface area (TPSA) is 114 Å². The fourth-order valence-corrected chi connectivity index (χ4v) is 0.625. The van der Waals surface area contributed by atoms with E-state index in [1.54, 1.807) is 24.8 Å². The summed E-state index contributed by atoms with van der Waals surface area (Å²) in [6.45, 7) is 0. The molecule has 2 heterocycles. The Balaban J connectivity index is -0.0000000720. The van der Waals surface area contributed by atoms with E-state index in [1.165, 1.54) is 0 Å². The molecule has 5 nitrogen and oxygen atoms in total. The molecule has 0 atom stereocenters. The first-order chi connectivity index (χ1) is 6.00. The van der Waals surface area contributed by atoms with Gasteiger partial charge >= 0.3 is 17.4 Å². The zero-order valence-electron chi connectivity index (χ0n) is 8.39. The molecule has 2 rings (SSSR count). The van der Waals surface area contributed by atoms with Gasteiger partial charge in [0.1, 0.15) is 0 Å². The molecule has 6 heteroatoms. The van der Waals surface area contributed by atoms with Gasteiger partial charge in [-0.05, 0) is 24.3 Å². The van der Waals surface area contributed by atoms with Gasteiger partial charge in [0.2, 0.25) is 0 Å². The Kier molecular flexibility index (Phi) is 29.1. The van der Waals surface area contributed by atoms with Gasteiger partial charge in [0.25, 0.3) is 0 Å². The predicted octanol–water partition coefficient (Wildman–Crippen LogP) is 1.10. The molecule has 2 aromatic heterocycles. The molecule has 0 radical (unpaired) electrons. The summed E-state index contributed by atoms with van der Waals surface area (Å²) in [5.41, 5.74) is 0. The van der Waals surface area contributed by atoms with E-state index < -0.39 is 0 Å². The Bertz CT molecular complexity index is 199. The van der Waals surface area contributed by atoms with Crippen LogP contribution in [0.1, 0.15) is 0 Å². The smallest absolute Gasteiger partial charge is 2.00 e. The number of hydrogen-bond donors (Lipinski definition) is 0. The van der Waals surface area contributed by atoms with Crippen molar-refractivity contribution in [3.8, 4) is 0 Å². The third kappa shape index (κ3) is 15.2. The van der Waals surface area contributed by atoms with Crippen LogP contribution in [0.5, 0.6) is 0 Å². The van der Waals surface area contributed by atoms with E-state index >= 15 is 0 Å². The van der Waals surface area contributed by atoms with E-state index in [2.05, 4.69) is 9.97 Å². The van der Waals surface area contributed by atoms with Crippen molar-refractivity contribution in [2.45, 2.75) is 0 Å². The fourth-order valence-electron chi connectivity index (χ4n) is 0.625. The van der Waals surface area contributed by atoms with Crippen LogP contribution in [0.3, 0.4) is 0 Å². The molecular formula is C10H12CrN2O3. The minimum absolute atomic E-state index is 0. The Hall–Kier alpha value is -1.29. The first kappa shape index (κ1) is 24.1. The molecule has 0 amide bonds. The standard InChI is InChI=1S/2C5H5N.Cr.H2O.2O/c2*1-2-4-6-5-3-1;;;;/h2*1-5H;;1H2;;/q;;+4;;2*-2. The third-order valence-electron chi connectivity index (χ3n) is 1.13. The van der Waals surface area contributed by atoms with Crippen LogP contribution in [0.2, 0.25) is 0 Å². The molecular weight excluding hydrogens is 248 g/mol. The Morgan fingerprint density at radius 2 is 0.750 bits per heavy atom. The molecule has 0 saturated carbocycles. The zero-order valence-corrected chi connectivity index (χ0v) is 9.67. The van der Waals surface area contributed by atoms with Crippen LogP contribution in [0.25, 0.3) is 0 Å². The Morgan fingerprint density at radius 3 is 0.812 bits per heavy atom. The SMILES string of the molecule is O.[Cr+4].[O-2].[O-2].c1ccncc1.c1ccncc1. The summed E-state index contributed by atoms with van der Waals surface area (Å²) in [6.07, 6.45) is 7.00. The number of aromatic nitrogens is 2. The average molecular weight is 260 g/mol. The maximum atomic E-state index is 3.78. The van der Waals surface area contributed by atoms with E-state index in [9.17, 15) is 0 Å². The van der Waals surface area contributed by atoms with Gasteiger partial charge < -0.3 is 16.4 Å². The van der Waals surface area contributed by atoms with Crippen LogP contribution >= 0.6 is 0 Å². The van der Waals surface area contributed by atoms with Gasteiger partial charge in [0, 0.05) is 24.8 Å². The summed E-state index contributed by atoms with van der Waals surface area (Å²) < 4.78 is 0. The van der Waals surface area contributed by atoms with Crippen LogP contribution in [0.4, 0.5) is 0 Å². The first-order valence-electron chi connectivity index (χ1n) is 3.70. The number of hydrogen-bond acceptors (Lipinski definition) is 2. The minimum atomic E-state index is 0. The zero-order chi connectivity index (χ0) is 8.49. The maximum absolute atomic E-state index is 3.78. The van der Waals surface area contributed by atoms with E-state index in [0.717, 1.165) is 0 Å². The van der Waals surface area contributed by atoms with Gasteiger partial charge in [-0.1, -0.05) is 12.1 Å². The van der Waals surface area contributed by atoms with Gasteiger partial charge in [-0.2, -0.15) is 0 Å². The minimum Gasteiger partial charge on any atom is -2.00 e. The molecule has 0 saturated heterocycles. The van der Waals surface area contributed by atoms with Crippen molar-refractivity contribution in [2.75, 3.05) is 0 Å². The van der Waals surface area contributed by atoms with Crippen LogP contribution in [-0.2, 0) is 28.3 Å². The van der Waals surface area contributed by atoms with Crippen molar-refractivity contribution in [1.82, 2.24) is 9.97 Å². The number of pyridine rings is 2. The predicted molar refractivity (Wildman–Crippen MR) is 53.5 cm³/mol. The molecule has 16 heavy (non-hydrogen) atoms. The molecule has 0 aliphatic heterocycles. The summed E-state index contributed by atoms with van der Waals surface area (Å²) in [6, 6.07) is 11.4. The largest absolute Gasteiger partial charge is 4.00 e. The summed E-state index contributed by atoms with van der Waals surface area (Å²) in [7, 11) is 0. The van der Waals surface area contributed by atoms with Crippen molar-refractivity contribution in [3.05, 3.63) is 61.2 Å². The normalized spacial score (nSPS) is 6.00. The van der Waals surface area contributed by atoms with Crippen molar-refractivity contribution in [2.24, 2.45) is 0 Å².